The van der Waals surface area contributed by atoms with Crippen LogP contribution in [0.2, 0.25) is 0 Å². The highest BCUT2D eigenvalue weighted by Crippen LogP contribution is 2.15. The lowest BCUT2D eigenvalue weighted by atomic mass is 10.2. The first-order chi connectivity index (χ1) is 13.3. The van der Waals surface area contributed by atoms with Gasteiger partial charge in [-0.1, -0.05) is 18.2 Å². The Morgan fingerprint density at radius 2 is 1.93 bits per heavy atom. The molecule has 1 amide bonds. The highest BCUT2D eigenvalue weighted by atomic mass is 127. The Balaban J connectivity index is 0.00000280. The SMILES string of the molecule is CCNC(=NCCCn1ccc2ccccc21)NCCC(=O)N1CCCC1.I. The quantitative estimate of drug-likeness (QED) is 0.255. The van der Waals surface area contributed by atoms with E-state index in [1.165, 1.54) is 10.9 Å². The molecule has 0 spiro atoms. The summed E-state index contributed by atoms with van der Waals surface area (Å²) < 4.78 is 2.28. The number of nitrogens with one attached hydrogen (secondary N) is 2. The lowest BCUT2D eigenvalue weighted by Crippen LogP contribution is -2.39. The predicted octanol–water partition coefficient (Wildman–Crippen LogP) is 3.22. The number of carbonyl (C=O) groups excluding carboxylic acids is 1. The molecule has 0 radical (unpaired) electrons. The van der Waals surface area contributed by atoms with Gasteiger partial charge in [-0.25, -0.2) is 0 Å². The Labute approximate surface area is 184 Å². The number of aryl methyl sites for hydroxylation is 1. The van der Waals surface area contributed by atoms with E-state index in [4.69, 9.17) is 0 Å². The van der Waals surface area contributed by atoms with Gasteiger partial charge in [-0.3, -0.25) is 9.79 Å². The van der Waals surface area contributed by atoms with E-state index in [2.05, 4.69) is 63.6 Å². The third-order valence-corrected chi connectivity index (χ3v) is 4.94. The Morgan fingerprint density at radius 1 is 1.14 bits per heavy atom. The van der Waals surface area contributed by atoms with Crippen LogP contribution >= 0.6 is 24.0 Å². The number of hydrogen-bond donors (Lipinski definition) is 2. The van der Waals surface area contributed by atoms with E-state index in [1.54, 1.807) is 0 Å². The van der Waals surface area contributed by atoms with Crippen molar-refractivity contribution in [2.45, 2.75) is 39.2 Å². The van der Waals surface area contributed by atoms with Crippen LogP contribution in [0.4, 0.5) is 0 Å². The molecule has 0 saturated carbocycles. The molecule has 0 aliphatic carbocycles. The van der Waals surface area contributed by atoms with Gasteiger partial charge in [-0.2, -0.15) is 0 Å². The van der Waals surface area contributed by atoms with Gasteiger partial charge in [0.15, 0.2) is 5.96 Å². The zero-order valence-corrected chi connectivity index (χ0v) is 19.0. The minimum atomic E-state index is 0. The fourth-order valence-corrected chi connectivity index (χ4v) is 3.52. The van der Waals surface area contributed by atoms with Gasteiger partial charge in [0.2, 0.25) is 5.91 Å². The van der Waals surface area contributed by atoms with Gasteiger partial charge in [0.25, 0.3) is 0 Å². The largest absolute Gasteiger partial charge is 0.357 e. The Hall–Kier alpha value is -1.77. The summed E-state index contributed by atoms with van der Waals surface area (Å²) in [6.07, 6.45) is 5.92. The minimum absolute atomic E-state index is 0. The molecule has 1 aliphatic heterocycles. The maximum atomic E-state index is 12.1. The molecular formula is C21H32IN5O. The van der Waals surface area contributed by atoms with Crippen molar-refractivity contribution in [3.63, 3.8) is 0 Å². The first kappa shape index (κ1) is 22.5. The molecule has 1 aromatic heterocycles. The number of hydrogen-bond acceptors (Lipinski definition) is 2. The van der Waals surface area contributed by atoms with E-state index < -0.39 is 0 Å². The smallest absolute Gasteiger partial charge is 0.224 e. The predicted molar refractivity (Wildman–Crippen MR) is 126 cm³/mol. The van der Waals surface area contributed by atoms with Crippen molar-refractivity contribution in [1.82, 2.24) is 20.1 Å². The van der Waals surface area contributed by atoms with E-state index in [0.29, 0.717) is 13.0 Å². The van der Waals surface area contributed by atoms with Gasteiger partial charge in [0, 0.05) is 57.4 Å². The van der Waals surface area contributed by atoms with Gasteiger partial charge in [-0.05, 0) is 43.7 Å². The number of guanidine groups is 1. The monoisotopic (exact) mass is 497 g/mol. The lowest BCUT2D eigenvalue weighted by molar-refractivity contribution is -0.129. The van der Waals surface area contributed by atoms with Crippen molar-refractivity contribution in [2.24, 2.45) is 4.99 Å². The Kier molecular flexibility index (Phi) is 9.60. The molecule has 0 atom stereocenters. The first-order valence-corrected chi connectivity index (χ1v) is 10.1. The van der Waals surface area contributed by atoms with Crippen LogP contribution in [0.25, 0.3) is 10.9 Å². The second kappa shape index (κ2) is 11.9. The molecule has 1 aromatic carbocycles. The van der Waals surface area contributed by atoms with Crippen LogP contribution in [0.5, 0.6) is 0 Å². The number of aromatic nitrogens is 1. The number of fused-ring (bicyclic) bond motifs is 1. The van der Waals surface area contributed by atoms with Crippen LogP contribution in [0.15, 0.2) is 41.5 Å². The number of halogens is 1. The fraction of sp³-hybridized carbons (Fsp3) is 0.524. The molecule has 2 N–H and O–H groups in total. The fourth-order valence-electron chi connectivity index (χ4n) is 3.52. The number of likely N-dealkylation sites (tertiary alicyclic amines) is 1. The van der Waals surface area contributed by atoms with Crippen LogP contribution in [-0.2, 0) is 11.3 Å². The summed E-state index contributed by atoms with van der Waals surface area (Å²) in [5, 5.41) is 7.82. The molecule has 1 aliphatic rings. The van der Waals surface area contributed by atoms with Gasteiger partial charge in [-0.15, -0.1) is 24.0 Å². The number of carbonyl (C=O) groups is 1. The number of para-hydroxylation sites is 1. The number of rotatable bonds is 8. The molecule has 1 fully saturated rings. The maximum Gasteiger partial charge on any atom is 0.224 e. The third-order valence-electron chi connectivity index (χ3n) is 4.94. The summed E-state index contributed by atoms with van der Waals surface area (Å²) in [4.78, 5) is 18.7. The molecule has 2 heterocycles. The van der Waals surface area contributed by atoms with Crippen molar-refractivity contribution in [1.29, 1.82) is 0 Å². The molecule has 1 saturated heterocycles. The van der Waals surface area contributed by atoms with Gasteiger partial charge in [0.05, 0.1) is 0 Å². The highest BCUT2D eigenvalue weighted by Gasteiger charge is 2.17. The third kappa shape index (κ3) is 6.39. The van der Waals surface area contributed by atoms with Crippen LogP contribution in [0.1, 0.15) is 32.6 Å². The maximum absolute atomic E-state index is 12.1. The summed E-state index contributed by atoms with van der Waals surface area (Å²) >= 11 is 0. The van der Waals surface area contributed by atoms with Gasteiger partial charge < -0.3 is 20.1 Å². The van der Waals surface area contributed by atoms with Crippen molar-refractivity contribution in [3.05, 3.63) is 36.5 Å². The summed E-state index contributed by atoms with van der Waals surface area (Å²) in [5.41, 5.74) is 1.27. The standard InChI is InChI=1S/C21H31N5O.HI/c1-2-22-21(24-13-10-20(27)26-14-5-6-15-26)23-12-7-16-25-17-11-18-8-3-4-9-19(18)25;/h3-4,8-9,11,17H,2,5-7,10,12-16H2,1H3,(H2,22,23,24);1H. The second-order valence-electron chi connectivity index (χ2n) is 6.95. The zero-order chi connectivity index (χ0) is 18.9. The van der Waals surface area contributed by atoms with E-state index in [9.17, 15) is 4.79 Å². The lowest BCUT2D eigenvalue weighted by Gasteiger charge is -2.16. The number of aliphatic imine (C=N–C) groups is 1. The number of amides is 1. The summed E-state index contributed by atoms with van der Waals surface area (Å²) in [6.45, 7) is 7.03. The molecule has 6 nitrogen and oxygen atoms in total. The van der Waals surface area contributed by atoms with Crippen molar-refractivity contribution >= 4 is 46.7 Å². The van der Waals surface area contributed by atoms with E-state index >= 15 is 0 Å². The summed E-state index contributed by atoms with van der Waals surface area (Å²) in [5.74, 6) is 1.04. The van der Waals surface area contributed by atoms with Crippen molar-refractivity contribution in [2.75, 3.05) is 32.7 Å². The van der Waals surface area contributed by atoms with E-state index in [1.807, 2.05) is 4.90 Å². The molecule has 3 rings (SSSR count). The molecular weight excluding hydrogens is 465 g/mol. The average molecular weight is 497 g/mol. The van der Waals surface area contributed by atoms with Crippen LogP contribution in [0.3, 0.4) is 0 Å². The van der Waals surface area contributed by atoms with Crippen LogP contribution in [-0.4, -0.2) is 54.1 Å². The molecule has 7 heteroatoms. The highest BCUT2D eigenvalue weighted by molar-refractivity contribution is 14.0. The number of benzene rings is 1. The van der Waals surface area contributed by atoms with Crippen molar-refractivity contribution in [3.8, 4) is 0 Å². The van der Waals surface area contributed by atoms with Crippen molar-refractivity contribution < 1.29 is 4.79 Å². The van der Waals surface area contributed by atoms with Crippen LogP contribution < -0.4 is 10.6 Å². The average Bonchev–Trinajstić information content (AvgIpc) is 3.35. The molecule has 0 unspecified atom stereocenters. The normalized spacial score (nSPS) is 14.2. The van der Waals surface area contributed by atoms with Gasteiger partial charge >= 0.3 is 0 Å². The molecule has 0 bridgehead atoms. The number of nitrogens with zero attached hydrogens (tertiary/aromatic N) is 3. The molecule has 2 aromatic rings. The summed E-state index contributed by atoms with van der Waals surface area (Å²) in [6, 6.07) is 10.6. The molecule has 154 valence electrons. The topological polar surface area (TPSA) is 61.7 Å². The minimum Gasteiger partial charge on any atom is -0.357 e. The van der Waals surface area contributed by atoms with Gasteiger partial charge in [0.1, 0.15) is 0 Å². The Bertz CT molecular complexity index is 767. The first-order valence-electron chi connectivity index (χ1n) is 10.1. The Morgan fingerprint density at radius 3 is 2.71 bits per heavy atom. The summed E-state index contributed by atoms with van der Waals surface area (Å²) in [7, 11) is 0. The van der Waals surface area contributed by atoms with E-state index in [-0.39, 0.29) is 29.9 Å². The zero-order valence-electron chi connectivity index (χ0n) is 16.7. The second-order valence-corrected chi connectivity index (χ2v) is 6.95. The molecule has 28 heavy (non-hydrogen) atoms. The van der Waals surface area contributed by atoms with E-state index in [0.717, 1.165) is 57.9 Å². The van der Waals surface area contributed by atoms with Crippen LogP contribution in [0, 0.1) is 0 Å².